The van der Waals surface area contributed by atoms with Crippen molar-refractivity contribution in [2.75, 3.05) is 13.2 Å². The summed E-state index contributed by atoms with van der Waals surface area (Å²) in [6.07, 6.45) is 1.69. The maximum atomic E-state index is 10.1. The second-order valence-corrected chi connectivity index (χ2v) is 5.16. The Balaban J connectivity index is 2.03. The molecular weight excluding hydrogens is 196 g/mol. The number of aliphatic hydroxyl groups is 1. The molecule has 0 bridgehead atoms. The molecule has 14 heavy (non-hydrogen) atoms. The van der Waals surface area contributed by atoms with Gasteiger partial charge in [0, 0.05) is 23.0 Å². The van der Waals surface area contributed by atoms with Gasteiger partial charge >= 0.3 is 0 Å². The van der Waals surface area contributed by atoms with Gasteiger partial charge in [0.1, 0.15) is 0 Å². The molecule has 2 rings (SSSR count). The highest BCUT2D eigenvalue weighted by molar-refractivity contribution is 7.12. The Morgan fingerprint density at radius 2 is 2.14 bits per heavy atom. The van der Waals surface area contributed by atoms with Crippen LogP contribution < -0.4 is 0 Å². The Bertz CT molecular complexity index is 289. The summed E-state index contributed by atoms with van der Waals surface area (Å²) < 4.78 is 5.28. The van der Waals surface area contributed by atoms with E-state index in [9.17, 15) is 5.11 Å². The molecule has 1 fully saturated rings. The van der Waals surface area contributed by atoms with Gasteiger partial charge < -0.3 is 9.84 Å². The maximum Gasteiger partial charge on any atom is 0.0911 e. The predicted molar refractivity (Wildman–Crippen MR) is 57.6 cm³/mol. The molecule has 0 aliphatic carbocycles. The maximum absolute atomic E-state index is 10.1. The van der Waals surface area contributed by atoms with Crippen LogP contribution in [0.4, 0.5) is 0 Å². The van der Waals surface area contributed by atoms with E-state index >= 15 is 0 Å². The lowest BCUT2D eigenvalue weighted by Crippen LogP contribution is -2.21. The first-order chi connectivity index (χ1) is 6.77. The van der Waals surface area contributed by atoms with Gasteiger partial charge in [-0.1, -0.05) is 0 Å². The number of aliphatic hydroxyl groups excluding tert-OH is 1. The zero-order valence-corrected chi connectivity index (χ0v) is 9.22. The minimum absolute atomic E-state index is 0.280. The quantitative estimate of drug-likeness (QED) is 0.816. The van der Waals surface area contributed by atoms with Gasteiger partial charge in [-0.3, -0.25) is 0 Å². The van der Waals surface area contributed by atoms with Crippen molar-refractivity contribution in [3.8, 4) is 0 Å². The Hall–Kier alpha value is -0.380. The second-order valence-electron chi connectivity index (χ2n) is 3.84. The summed E-state index contributed by atoms with van der Waals surface area (Å²) in [6, 6.07) is 4.11. The predicted octanol–water partition coefficient (Wildman–Crippen LogP) is 2.52. The molecule has 0 spiro atoms. The smallest absolute Gasteiger partial charge is 0.0911 e. The fraction of sp³-hybridized carbons (Fsp3) is 0.636. The van der Waals surface area contributed by atoms with Crippen molar-refractivity contribution < 1.29 is 9.84 Å². The van der Waals surface area contributed by atoms with Gasteiger partial charge in [0.25, 0.3) is 0 Å². The Kier molecular flexibility index (Phi) is 3.21. The van der Waals surface area contributed by atoms with E-state index in [0.29, 0.717) is 5.92 Å². The van der Waals surface area contributed by atoms with E-state index in [4.69, 9.17) is 4.74 Å². The van der Waals surface area contributed by atoms with Gasteiger partial charge in [0.05, 0.1) is 6.10 Å². The van der Waals surface area contributed by atoms with Crippen LogP contribution in [0, 0.1) is 12.8 Å². The van der Waals surface area contributed by atoms with Crippen LogP contribution >= 0.6 is 11.3 Å². The summed E-state index contributed by atoms with van der Waals surface area (Å²) >= 11 is 1.70. The molecule has 0 aromatic carbocycles. The average Bonchev–Trinajstić information content (AvgIpc) is 2.65. The fourth-order valence-corrected chi connectivity index (χ4v) is 2.83. The van der Waals surface area contributed by atoms with Crippen LogP contribution in [0.3, 0.4) is 0 Å². The summed E-state index contributed by atoms with van der Waals surface area (Å²) in [5, 5.41) is 10.1. The van der Waals surface area contributed by atoms with Crippen LogP contribution in [0.15, 0.2) is 12.1 Å². The van der Waals surface area contributed by atoms with Gasteiger partial charge in [-0.05, 0) is 37.8 Å². The lowest BCUT2D eigenvalue weighted by Gasteiger charge is -2.25. The molecule has 0 radical (unpaired) electrons. The number of thiophene rings is 1. The van der Waals surface area contributed by atoms with Crippen LogP contribution in [-0.2, 0) is 4.74 Å². The largest absolute Gasteiger partial charge is 0.387 e. The van der Waals surface area contributed by atoms with E-state index in [1.54, 1.807) is 11.3 Å². The van der Waals surface area contributed by atoms with Gasteiger partial charge in [-0.25, -0.2) is 0 Å². The van der Waals surface area contributed by atoms with E-state index in [-0.39, 0.29) is 6.10 Å². The third-order valence-corrected chi connectivity index (χ3v) is 3.84. The molecule has 1 aromatic heterocycles. The number of aryl methyl sites for hydroxylation is 1. The monoisotopic (exact) mass is 212 g/mol. The lowest BCUT2D eigenvalue weighted by molar-refractivity contribution is 0.00854. The van der Waals surface area contributed by atoms with Crippen molar-refractivity contribution in [1.29, 1.82) is 0 Å². The van der Waals surface area contributed by atoms with E-state index in [2.05, 4.69) is 13.0 Å². The summed E-state index contributed by atoms with van der Waals surface area (Å²) in [6.45, 7) is 3.67. The number of hydrogen-bond acceptors (Lipinski definition) is 3. The third kappa shape index (κ3) is 2.16. The molecular formula is C11H16O2S. The Morgan fingerprint density at radius 3 is 2.71 bits per heavy atom. The molecule has 1 aliphatic rings. The highest BCUT2D eigenvalue weighted by atomic mass is 32.1. The van der Waals surface area contributed by atoms with E-state index in [1.165, 1.54) is 4.88 Å². The fourth-order valence-electron chi connectivity index (χ4n) is 1.88. The first-order valence-electron chi connectivity index (χ1n) is 5.09. The molecule has 3 heteroatoms. The summed E-state index contributed by atoms with van der Waals surface area (Å²) in [4.78, 5) is 2.38. The van der Waals surface area contributed by atoms with Crippen molar-refractivity contribution in [2.24, 2.45) is 5.92 Å². The van der Waals surface area contributed by atoms with Gasteiger partial charge in [0.2, 0.25) is 0 Å². The molecule has 0 amide bonds. The molecule has 1 saturated heterocycles. The van der Waals surface area contributed by atoms with Crippen molar-refractivity contribution in [3.63, 3.8) is 0 Å². The van der Waals surface area contributed by atoms with Crippen LogP contribution in [0.1, 0.15) is 28.7 Å². The zero-order chi connectivity index (χ0) is 9.97. The van der Waals surface area contributed by atoms with E-state index in [1.807, 2.05) is 6.07 Å². The minimum Gasteiger partial charge on any atom is -0.387 e. The SMILES string of the molecule is Cc1ccc(C(O)C2CCOCC2)s1. The van der Waals surface area contributed by atoms with Crippen LogP contribution in [0.5, 0.6) is 0 Å². The third-order valence-electron chi connectivity index (χ3n) is 2.77. The Morgan fingerprint density at radius 1 is 1.43 bits per heavy atom. The minimum atomic E-state index is -0.280. The number of rotatable bonds is 2. The molecule has 1 N–H and O–H groups in total. The molecule has 1 unspecified atom stereocenters. The van der Waals surface area contributed by atoms with Crippen LogP contribution in [-0.4, -0.2) is 18.3 Å². The lowest BCUT2D eigenvalue weighted by atomic mass is 9.93. The van der Waals surface area contributed by atoms with E-state index in [0.717, 1.165) is 30.9 Å². The highest BCUT2D eigenvalue weighted by Crippen LogP contribution is 2.33. The molecule has 78 valence electrons. The number of hydrogen-bond donors (Lipinski definition) is 1. The molecule has 2 nitrogen and oxygen atoms in total. The normalized spacial score (nSPS) is 21.0. The van der Waals surface area contributed by atoms with Crippen LogP contribution in [0.2, 0.25) is 0 Å². The van der Waals surface area contributed by atoms with Gasteiger partial charge in [-0.2, -0.15) is 0 Å². The highest BCUT2D eigenvalue weighted by Gasteiger charge is 2.24. The molecule has 0 saturated carbocycles. The zero-order valence-electron chi connectivity index (χ0n) is 8.40. The summed E-state index contributed by atoms with van der Waals surface area (Å²) in [5.74, 6) is 0.391. The summed E-state index contributed by atoms with van der Waals surface area (Å²) in [7, 11) is 0. The van der Waals surface area contributed by atoms with Crippen LogP contribution in [0.25, 0.3) is 0 Å². The first-order valence-corrected chi connectivity index (χ1v) is 5.91. The van der Waals surface area contributed by atoms with Gasteiger partial charge in [-0.15, -0.1) is 11.3 Å². The van der Waals surface area contributed by atoms with Crippen molar-refractivity contribution in [1.82, 2.24) is 0 Å². The van der Waals surface area contributed by atoms with Gasteiger partial charge in [0.15, 0.2) is 0 Å². The first kappa shape index (κ1) is 10.1. The Labute approximate surface area is 88.5 Å². The second kappa shape index (κ2) is 4.43. The molecule has 1 atom stereocenters. The van der Waals surface area contributed by atoms with Crippen molar-refractivity contribution in [3.05, 3.63) is 21.9 Å². The average molecular weight is 212 g/mol. The molecule has 2 heterocycles. The van der Waals surface area contributed by atoms with E-state index < -0.39 is 0 Å². The molecule has 1 aromatic rings. The molecule has 1 aliphatic heterocycles. The van der Waals surface area contributed by atoms with Crippen molar-refractivity contribution in [2.45, 2.75) is 25.9 Å². The topological polar surface area (TPSA) is 29.5 Å². The standard InChI is InChI=1S/C11H16O2S/c1-8-2-3-10(14-8)11(12)9-4-6-13-7-5-9/h2-3,9,11-12H,4-7H2,1H3. The summed E-state index contributed by atoms with van der Waals surface area (Å²) in [5.41, 5.74) is 0. The number of ether oxygens (including phenoxy) is 1. The van der Waals surface area contributed by atoms with Crippen molar-refractivity contribution >= 4 is 11.3 Å².